The van der Waals surface area contributed by atoms with Gasteiger partial charge in [-0.3, -0.25) is 9.78 Å². The lowest BCUT2D eigenvalue weighted by Gasteiger charge is -2.27. The molecule has 5 heterocycles. The van der Waals surface area contributed by atoms with Gasteiger partial charge in [0.1, 0.15) is 23.9 Å². The van der Waals surface area contributed by atoms with E-state index < -0.39 is 0 Å². The summed E-state index contributed by atoms with van der Waals surface area (Å²) in [5.41, 5.74) is 6.65. The second-order valence-electron chi connectivity index (χ2n) is 11.0. The molecular formula is C36H32FN3O4S. The number of benzene rings is 2. The maximum absolute atomic E-state index is 14.7. The Hall–Kier alpha value is -4.60. The Morgan fingerprint density at radius 3 is 2.73 bits per heavy atom. The lowest BCUT2D eigenvalue weighted by atomic mass is 9.94. The van der Waals surface area contributed by atoms with Crippen LogP contribution in [-0.2, 0) is 22.5 Å². The predicted molar refractivity (Wildman–Crippen MR) is 174 cm³/mol. The fourth-order valence-corrected chi connectivity index (χ4v) is 6.93. The monoisotopic (exact) mass is 621 g/mol. The first-order valence-electron chi connectivity index (χ1n) is 15.1. The van der Waals surface area contributed by atoms with Gasteiger partial charge in [-0.05, 0) is 66.3 Å². The van der Waals surface area contributed by atoms with Crippen molar-refractivity contribution < 1.29 is 23.4 Å². The minimum absolute atomic E-state index is 0.107. The van der Waals surface area contributed by atoms with Crippen LogP contribution in [0.4, 0.5) is 4.39 Å². The molecule has 0 saturated heterocycles. The third kappa shape index (κ3) is 5.81. The van der Waals surface area contributed by atoms with Crippen molar-refractivity contribution in [2.75, 3.05) is 33.0 Å². The number of aromatic nitrogens is 2. The fraction of sp³-hybridized carbons (Fsp3) is 0.250. The molecular weight excluding hydrogens is 589 g/mol. The highest BCUT2D eigenvalue weighted by Gasteiger charge is 2.26. The molecule has 7 nitrogen and oxygen atoms in total. The highest BCUT2D eigenvalue weighted by atomic mass is 32.1. The van der Waals surface area contributed by atoms with Crippen LogP contribution in [-0.4, -0.2) is 53.7 Å². The summed E-state index contributed by atoms with van der Waals surface area (Å²) in [5.74, 6) is 0.688. The van der Waals surface area contributed by atoms with Crippen molar-refractivity contribution in [2.24, 2.45) is 0 Å². The van der Waals surface area contributed by atoms with Gasteiger partial charge in [-0.2, -0.15) is 0 Å². The van der Waals surface area contributed by atoms with E-state index in [9.17, 15) is 9.18 Å². The fourth-order valence-electron chi connectivity index (χ4n) is 5.97. The second-order valence-corrected chi connectivity index (χ2v) is 12.0. The van der Waals surface area contributed by atoms with Crippen molar-refractivity contribution in [3.63, 3.8) is 0 Å². The summed E-state index contributed by atoms with van der Waals surface area (Å²) in [6, 6.07) is 16.7. The average Bonchev–Trinajstić information content (AvgIpc) is 3.56. The Morgan fingerprint density at radius 1 is 0.956 bits per heavy atom. The molecule has 1 amide bonds. The van der Waals surface area contributed by atoms with E-state index in [2.05, 4.69) is 18.7 Å². The number of ether oxygens (including phenoxy) is 3. The zero-order valence-electron chi connectivity index (χ0n) is 24.8. The third-order valence-electron chi connectivity index (χ3n) is 8.19. The molecule has 0 unspecified atom stereocenters. The van der Waals surface area contributed by atoms with Crippen molar-refractivity contribution in [2.45, 2.75) is 25.8 Å². The zero-order chi connectivity index (χ0) is 30.8. The van der Waals surface area contributed by atoms with E-state index in [1.165, 1.54) is 18.2 Å². The highest BCUT2D eigenvalue weighted by molar-refractivity contribution is 7.18. The zero-order valence-corrected chi connectivity index (χ0v) is 25.6. The number of amides is 1. The van der Waals surface area contributed by atoms with E-state index in [1.807, 2.05) is 35.8 Å². The molecule has 0 spiro atoms. The van der Waals surface area contributed by atoms with Crippen LogP contribution in [0.1, 0.15) is 24.1 Å². The number of rotatable bonds is 2. The van der Waals surface area contributed by atoms with Crippen molar-refractivity contribution in [3.8, 4) is 45.1 Å². The Morgan fingerprint density at radius 2 is 1.82 bits per heavy atom. The van der Waals surface area contributed by atoms with E-state index in [0.717, 1.165) is 67.9 Å². The molecule has 45 heavy (non-hydrogen) atoms. The van der Waals surface area contributed by atoms with Crippen LogP contribution >= 0.6 is 11.3 Å². The van der Waals surface area contributed by atoms with Crippen LogP contribution in [0.15, 0.2) is 78.8 Å². The molecule has 3 aromatic heterocycles. The molecule has 2 aliphatic rings. The maximum atomic E-state index is 14.7. The van der Waals surface area contributed by atoms with Gasteiger partial charge in [-0.25, -0.2) is 9.37 Å². The summed E-state index contributed by atoms with van der Waals surface area (Å²) in [7, 11) is 0. The minimum Gasteiger partial charge on any atom is -0.493 e. The van der Waals surface area contributed by atoms with Crippen molar-refractivity contribution in [1.82, 2.24) is 14.9 Å². The van der Waals surface area contributed by atoms with Crippen LogP contribution < -0.4 is 9.47 Å². The third-order valence-corrected chi connectivity index (χ3v) is 9.12. The number of pyridine rings is 2. The van der Waals surface area contributed by atoms with E-state index in [4.69, 9.17) is 24.2 Å². The van der Waals surface area contributed by atoms with Crippen molar-refractivity contribution in [1.29, 1.82) is 0 Å². The Labute approximate surface area is 264 Å². The van der Waals surface area contributed by atoms with E-state index in [0.29, 0.717) is 50.8 Å². The SMILES string of the molecule is C=CC(=O)N1CCc2ncc(-c3nc4c5ccsc5c3-c3ccc(F)cc3OCCOCCCCOc3ccccc3-4)cc2C1. The molecule has 0 saturated carbocycles. The molecule has 0 fully saturated rings. The largest absolute Gasteiger partial charge is 0.493 e. The molecule has 2 aliphatic heterocycles. The first-order valence-corrected chi connectivity index (χ1v) is 16.0. The number of hydrogen-bond donors (Lipinski definition) is 0. The van der Waals surface area contributed by atoms with Gasteiger partial charge in [-0.1, -0.05) is 18.7 Å². The molecule has 2 aromatic carbocycles. The standard InChI is InChI=1S/C36H32FN3O4S/c1-2-32(41)40-13-11-29-24(22-40)19-23(21-38-29)34-33-26-10-9-25(37)20-31(26)44-17-16-42-14-5-6-15-43-30-8-4-3-7-27(30)35(39-34)28-12-18-45-36(28)33/h2-4,7-10,12,18-21H,1,5-6,11,13-17,22H2. The van der Waals surface area contributed by atoms with Crippen molar-refractivity contribution >= 4 is 27.3 Å². The van der Waals surface area contributed by atoms with E-state index in [1.54, 1.807) is 22.3 Å². The smallest absolute Gasteiger partial charge is 0.246 e. The molecule has 2 bridgehead atoms. The average molecular weight is 622 g/mol. The molecule has 0 aliphatic carbocycles. The first kappa shape index (κ1) is 29.1. The summed E-state index contributed by atoms with van der Waals surface area (Å²) in [6.45, 7) is 6.49. The van der Waals surface area contributed by atoms with Gasteiger partial charge in [0.15, 0.2) is 0 Å². The second kappa shape index (κ2) is 12.8. The van der Waals surface area contributed by atoms with Gasteiger partial charge in [-0.15, -0.1) is 11.3 Å². The van der Waals surface area contributed by atoms with Crippen LogP contribution in [0, 0.1) is 5.82 Å². The molecule has 0 radical (unpaired) electrons. The lowest BCUT2D eigenvalue weighted by Crippen LogP contribution is -2.35. The van der Waals surface area contributed by atoms with Crippen LogP contribution in [0.2, 0.25) is 0 Å². The molecule has 0 N–H and O–H groups in total. The Kier molecular flexibility index (Phi) is 8.28. The van der Waals surface area contributed by atoms with E-state index in [-0.39, 0.29) is 18.3 Å². The molecule has 5 aromatic rings. The number of hydrogen-bond acceptors (Lipinski definition) is 7. The quantitative estimate of drug-likeness (QED) is 0.191. The number of carbonyl (C=O) groups excluding carboxylic acids is 1. The summed E-state index contributed by atoms with van der Waals surface area (Å²) in [4.78, 5) is 24.5. The van der Waals surface area contributed by atoms with Crippen LogP contribution in [0.3, 0.4) is 0 Å². The predicted octanol–water partition coefficient (Wildman–Crippen LogP) is 7.47. The maximum Gasteiger partial charge on any atom is 0.246 e. The van der Waals surface area contributed by atoms with Crippen molar-refractivity contribution in [3.05, 3.63) is 95.9 Å². The number of carbonyl (C=O) groups is 1. The highest BCUT2D eigenvalue weighted by Crippen LogP contribution is 2.47. The van der Waals surface area contributed by atoms with E-state index >= 15 is 0 Å². The number of halogens is 1. The van der Waals surface area contributed by atoms with Gasteiger partial charge in [0.2, 0.25) is 5.91 Å². The Balaban J connectivity index is 1.48. The summed E-state index contributed by atoms with van der Waals surface area (Å²) in [5, 5.41) is 3.01. The molecule has 228 valence electrons. The molecule has 7 rings (SSSR count). The topological polar surface area (TPSA) is 73.8 Å². The number of nitrogens with zero attached hydrogens (tertiary/aromatic N) is 3. The van der Waals surface area contributed by atoms with Crippen LogP contribution in [0.5, 0.6) is 11.5 Å². The van der Waals surface area contributed by atoms with Gasteiger partial charge < -0.3 is 19.1 Å². The normalized spacial score (nSPS) is 15.3. The van der Waals surface area contributed by atoms with Gasteiger partial charge >= 0.3 is 0 Å². The number of para-hydroxylation sites is 1. The number of thiophene rings is 1. The number of fused-ring (bicyclic) bond motifs is 5. The summed E-state index contributed by atoms with van der Waals surface area (Å²) >= 11 is 1.60. The van der Waals surface area contributed by atoms with Crippen LogP contribution in [0.25, 0.3) is 43.7 Å². The first-order chi connectivity index (χ1) is 22.1. The summed E-state index contributed by atoms with van der Waals surface area (Å²) in [6.07, 6.45) is 5.54. The van der Waals surface area contributed by atoms with Gasteiger partial charge in [0.25, 0.3) is 0 Å². The summed E-state index contributed by atoms with van der Waals surface area (Å²) < 4.78 is 34.0. The van der Waals surface area contributed by atoms with Gasteiger partial charge in [0, 0.05) is 76.4 Å². The lowest BCUT2D eigenvalue weighted by molar-refractivity contribution is -0.126. The minimum atomic E-state index is -0.386. The molecule has 0 atom stereocenters. The molecule has 9 heteroatoms. The van der Waals surface area contributed by atoms with Gasteiger partial charge in [0.05, 0.1) is 24.6 Å². The Bertz CT molecular complexity index is 1910.